The Morgan fingerprint density at radius 1 is 1.21 bits per heavy atom. The minimum Gasteiger partial charge on any atom is -0.488 e. The van der Waals surface area contributed by atoms with Crippen molar-refractivity contribution in [1.82, 2.24) is 15.3 Å². The number of nitrogens with one attached hydrogen (secondary N) is 3. The molecule has 0 spiro atoms. The van der Waals surface area contributed by atoms with E-state index in [4.69, 9.17) is 20.9 Å². The highest BCUT2D eigenvalue weighted by atomic mass is 16.5. The first-order valence-electron chi connectivity index (χ1n) is 12.4. The highest BCUT2D eigenvalue weighted by Gasteiger charge is 2.24. The summed E-state index contributed by atoms with van der Waals surface area (Å²) >= 11 is 0. The van der Waals surface area contributed by atoms with E-state index in [1.807, 2.05) is 24.4 Å². The third-order valence-electron chi connectivity index (χ3n) is 6.83. The molecule has 2 aliphatic rings. The van der Waals surface area contributed by atoms with Crippen LogP contribution in [0.25, 0.3) is 10.9 Å². The standard InChI is InChI=1S/C26H38N6O/c1-17(2)12-18-6-9-21(10-7-18)29-16-22(14-27)31-26-30-15-19-4-3-5-24(25(19)32-26)33-23-11-8-20(28)13-23/h3-5,14-18,20-21,23,27,29H,6-13,28H2,1-2H3,(H,30,31,32)/b22-16+,27-14?. The van der Waals surface area contributed by atoms with E-state index < -0.39 is 0 Å². The molecule has 0 bridgehead atoms. The summed E-state index contributed by atoms with van der Waals surface area (Å²) in [6, 6.07) is 6.58. The number of aromatic nitrogens is 2. The number of anilines is 1. The molecule has 2 saturated carbocycles. The number of fused-ring (bicyclic) bond motifs is 1. The number of rotatable bonds is 9. The van der Waals surface area contributed by atoms with E-state index in [-0.39, 0.29) is 12.1 Å². The zero-order chi connectivity index (χ0) is 23.2. The second-order valence-corrected chi connectivity index (χ2v) is 10.1. The quantitative estimate of drug-likeness (QED) is 0.401. The Bertz CT molecular complexity index is 966. The van der Waals surface area contributed by atoms with Gasteiger partial charge in [0.25, 0.3) is 0 Å². The second kappa shape index (κ2) is 11.0. The summed E-state index contributed by atoms with van der Waals surface area (Å²) < 4.78 is 6.23. The summed E-state index contributed by atoms with van der Waals surface area (Å²) in [5.41, 5.74) is 7.46. The van der Waals surface area contributed by atoms with Crippen molar-refractivity contribution in [2.75, 3.05) is 5.32 Å². The van der Waals surface area contributed by atoms with Crippen LogP contribution in [0.5, 0.6) is 5.75 Å². The molecule has 2 fully saturated rings. The Hall–Kier alpha value is -2.67. The molecule has 1 aromatic heterocycles. The maximum atomic E-state index is 7.82. The van der Waals surface area contributed by atoms with Crippen LogP contribution in [0.15, 0.2) is 36.3 Å². The average Bonchev–Trinajstić information content (AvgIpc) is 3.22. The summed E-state index contributed by atoms with van der Waals surface area (Å²) in [5.74, 6) is 2.85. The first-order valence-corrected chi connectivity index (χ1v) is 12.4. The Morgan fingerprint density at radius 2 is 2.03 bits per heavy atom. The number of nitrogens with two attached hydrogens (primary N) is 1. The van der Waals surface area contributed by atoms with Gasteiger partial charge in [0.15, 0.2) is 0 Å². The van der Waals surface area contributed by atoms with E-state index in [2.05, 4.69) is 29.5 Å². The Labute approximate surface area is 197 Å². The zero-order valence-corrected chi connectivity index (χ0v) is 19.9. The molecule has 4 rings (SSSR count). The van der Waals surface area contributed by atoms with Crippen LogP contribution in [0.3, 0.4) is 0 Å². The van der Waals surface area contributed by atoms with Crippen molar-refractivity contribution < 1.29 is 4.74 Å². The molecule has 2 unspecified atom stereocenters. The number of allylic oxidation sites excluding steroid dienone is 1. The minimum atomic E-state index is 0.133. The molecule has 2 aliphatic carbocycles. The normalized spacial score (nSPS) is 25.9. The van der Waals surface area contributed by atoms with Gasteiger partial charge >= 0.3 is 0 Å². The smallest absolute Gasteiger partial charge is 0.227 e. The van der Waals surface area contributed by atoms with Crippen LogP contribution in [-0.4, -0.2) is 34.4 Å². The Morgan fingerprint density at radius 3 is 2.73 bits per heavy atom. The van der Waals surface area contributed by atoms with Gasteiger partial charge in [-0.1, -0.05) is 26.0 Å². The molecule has 7 nitrogen and oxygen atoms in total. The second-order valence-electron chi connectivity index (χ2n) is 10.1. The molecule has 5 N–H and O–H groups in total. The predicted molar refractivity (Wildman–Crippen MR) is 135 cm³/mol. The van der Waals surface area contributed by atoms with E-state index in [1.54, 1.807) is 6.20 Å². The first-order chi connectivity index (χ1) is 16.0. The summed E-state index contributed by atoms with van der Waals surface area (Å²) in [6.07, 6.45) is 14.2. The van der Waals surface area contributed by atoms with Crippen LogP contribution in [0.4, 0.5) is 5.95 Å². The molecular weight excluding hydrogens is 412 g/mol. The van der Waals surface area contributed by atoms with Crippen molar-refractivity contribution in [2.24, 2.45) is 17.6 Å². The number of ether oxygens (including phenoxy) is 1. The lowest BCUT2D eigenvalue weighted by molar-refractivity contribution is 0.210. The molecule has 0 amide bonds. The van der Waals surface area contributed by atoms with E-state index >= 15 is 0 Å². The van der Waals surface area contributed by atoms with Crippen LogP contribution in [-0.2, 0) is 0 Å². The third kappa shape index (κ3) is 6.44. The van der Waals surface area contributed by atoms with Crippen molar-refractivity contribution in [3.63, 3.8) is 0 Å². The average molecular weight is 451 g/mol. The maximum Gasteiger partial charge on any atom is 0.227 e. The molecule has 0 aliphatic heterocycles. The maximum absolute atomic E-state index is 7.82. The molecule has 2 atom stereocenters. The van der Waals surface area contributed by atoms with E-state index in [9.17, 15) is 0 Å². The molecule has 178 valence electrons. The van der Waals surface area contributed by atoms with Crippen LogP contribution in [0.2, 0.25) is 0 Å². The summed E-state index contributed by atoms with van der Waals surface area (Å²) in [7, 11) is 0. The van der Waals surface area contributed by atoms with Gasteiger partial charge in [0, 0.05) is 36.1 Å². The number of hydrogen-bond acceptors (Lipinski definition) is 7. The minimum absolute atomic E-state index is 0.133. The lowest BCUT2D eigenvalue weighted by Crippen LogP contribution is -2.30. The lowest BCUT2D eigenvalue weighted by atomic mass is 9.81. The number of hydrogen-bond donors (Lipinski definition) is 4. The highest BCUT2D eigenvalue weighted by molar-refractivity contribution is 5.85. The predicted octanol–water partition coefficient (Wildman–Crippen LogP) is 4.99. The molecule has 7 heteroatoms. The topological polar surface area (TPSA) is 109 Å². The van der Waals surface area contributed by atoms with Gasteiger partial charge in [-0.3, -0.25) is 0 Å². The summed E-state index contributed by atoms with van der Waals surface area (Å²) in [6.45, 7) is 4.62. The van der Waals surface area contributed by atoms with Gasteiger partial charge in [-0.2, -0.15) is 0 Å². The van der Waals surface area contributed by atoms with Crippen molar-refractivity contribution in [3.8, 4) is 5.75 Å². The fourth-order valence-electron chi connectivity index (χ4n) is 5.13. The van der Waals surface area contributed by atoms with Crippen LogP contribution < -0.4 is 21.1 Å². The van der Waals surface area contributed by atoms with Gasteiger partial charge in [-0.05, 0) is 69.3 Å². The van der Waals surface area contributed by atoms with Gasteiger partial charge in [0.1, 0.15) is 17.4 Å². The molecule has 0 radical (unpaired) electrons. The molecule has 33 heavy (non-hydrogen) atoms. The fraction of sp³-hybridized carbons (Fsp3) is 0.577. The molecule has 1 heterocycles. The van der Waals surface area contributed by atoms with Crippen LogP contribution in [0, 0.1) is 17.2 Å². The molecule has 2 aromatic rings. The Kier molecular flexibility index (Phi) is 7.81. The van der Waals surface area contributed by atoms with Gasteiger partial charge in [0.2, 0.25) is 5.95 Å². The first kappa shape index (κ1) is 23.5. The van der Waals surface area contributed by atoms with Crippen LogP contribution >= 0.6 is 0 Å². The monoisotopic (exact) mass is 450 g/mol. The zero-order valence-electron chi connectivity index (χ0n) is 19.9. The SMILES string of the molecule is CC(C)CC1CCC(N/C=C(\C=N)Nc2ncc3cccc(OC4CCC(N)C4)c3n2)CC1. The summed E-state index contributed by atoms with van der Waals surface area (Å²) in [4.78, 5) is 9.15. The third-order valence-corrected chi connectivity index (χ3v) is 6.83. The van der Waals surface area contributed by atoms with Gasteiger partial charge < -0.3 is 26.5 Å². The van der Waals surface area contributed by atoms with Gasteiger partial charge in [-0.15, -0.1) is 0 Å². The Balaban J connectivity index is 1.39. The van der Waals surface area contributed by atoms with E-state index in [0.717, 1.165) is 47.8 Å². The van der Waals surface area contributed by atoms with Crippen molar-refractivity contribution >= 4 is 23.1 Å². The molecular formula is C26H38N6O. The van der Waals surface area contributed by atoms with E-state index in [0.29, 0.717) is 17.7 Å². The highest BCUT2D eigenvalue weighted by Crippen LogP contribution is 2.30. The lowest BCUT2D eigenvalue weighted by Gasteiger charge is -2.29. The van der Waals surface area contributed by atoms with Crippen molar-refractivity contribution in [2.45, 2.75) is 83.4 Å². The van der Waals surface area contributed by atoms with E-state index in [1.165, 1.54) is 38.3 Å². The van der Waals surface area contributed by atoms with Gasteiger partial charge in [-0.25, -0.2) is 9.97 Å². The number of benzene rings is 1. The summed E-state index contributed by atoms with van der Waals surface area (Å²) in [5, 5.41) is 15.4. The van der Waals surface area contributed by atoms with Crippen molar-refractivity contribution in [1.29, 1.82) is 5.41 Å². The number of para-hydroxylation sites is 1. The fourth-order valence-corrected chi connectivity index (χ4v) is 5.13. The molecule has 0 saturated heterocycles. The van der Waals surface area contributed by atoms with Crippen LogP contribution in [0.1, 0.15) is 65.2 Å². The largest absolute Gasteiger partial charge is 0.488 e. The van der Waals surface area contributed by atoms with Crippen molar-refractivity contribution in [3.05, 3.63) is 36.3 Å². The number of nitrogens with zero attached hydrogens (tertiary/aromatic N) is 2. The molecule has 1 aromatic carbocycles. The van der Waals surface area contributed by atoms with Gasteiger partial charge in [0.05, 0.1) is 5.70 Å².